The number of thioether (sulfide) groups is 1. The van der Waals surface area contributed by atoms with Crippen LogP contribution in [-0.4, -0.2) is 38.2 Å². The van der Waals surface area contributed by atoms with Gasteiger partial charge in [0.1, 0.15) is 22.6 Å². The molecule has 160 valence electrons. The smallest absolute Gasteiger partial charge is 0.410 e. The van der Waals surface area contributed by atoms with E-state index in [1.165, 1.54) is 17.3 Å². The molecular weight excluding hydrogens is 432 g/mol. The van der Waals surface area contributed by atoms with E-state index in [1.807, 2.05) is 39.0 Å². The van der Waals surface area contributed by atoms with Crippen LogP contribution >= 0.6 is 23.1 Å². The van der Waals surface area contributed by atoms with Crippen LogP contribution in [0.2, 0.25) is 0 Å². The van der Waals surface area contributed by atoms with E-state index < -0.39 is 5.60 Å². The van der Waals surface area contributed by atoms with Gasteiger partial charge in [-0.1, -0.05) is 17.8 Å². The highest BCUT2D eigenvalue weighted by molar-refractivity contribution is 8.14. The van der Waals surface area contributed by atoms with E-state index in [2.05, 4.69) is 15.3 Å². The lowest BCUT2D eigenvalue weighted by molar-refractivity contribution is -0.110. The van der Waals surface area contributed by atoms with Gasteiger partial charge in [-0.2, -0.15) is 0 Å². The van der Waals surface area contributed by atoms with E-state index in [4.69, 9.17) is 4.74 Å². The second kappa shape index (κ2) is 7.49. The second-order valence-corrected chi connectivity index (χ2v) is 10.8. The summed E-state index contributed by atoms with van der Waals surface area (Å²) >= 11 is 2.89. The van der Waals surface area contributed by atoms with Crippen LogP contribution in [0.25, 0.3) is 10.2 Å². The Morgan fingerprint density at radius 2 is 2.10 bits per heavy atom. The van der Waals surface area contributed by atoms with Gasteiger partial charge in [-0.25, -0.2) is 14.8 Å². The topological polar surface area (TPSA) is 84.4 Å². The number of amides is 1. The largest absolute Gasteiger partial charge is 0.444 e. The minimum atomic E-state index is -0.515. The summed E-state index contributed by atoms with van der Waals surface area (Å²) in [5, 5.41) is 4.61. The molecule has 0 saturated carbocycles. The van der Waals surface area contributed by atoms with E-state index in [1.54, 1.807) is 22.6 Å². The number of fused-ring (bicyclic) bond motifs is 4. The third-order valence-electron chi connectivity index (χ3n) is 5.18. The summed E-state index contributed by atoms with van der Waals surface area (Å²) in [6, 6.07) is 5.98. The number of nitrogens with zero attached hydrogens (tertiary/aromatic N) is 3. The van der Waals surface area contributed by atoms with Crippen LogP contribution < -0.4 is 5.32 Å². The standard InChI is InChI=1S/C22H22N4O3S2/c1-22(2,3)29-21(28)26-7-6-14-16(10-26)31-20-18(14)19(23-11-24-20)25-13-5-4-12-8-17(27)30-15(12)9-13/h4-5,9,11H,6-8,10H2,1-3H3,(H,23,24,25). The van der Waals surface area contributed by atoms with Gasteiger partial charge in [0, 0.05) is 28.4 Å². The number of thiophene rings is 1. The molecule has 0 fully saturated rings. The number of carbonyl (C=O) groups excluding carboxylic acids is 2. The monoisotopic (exact) mass is 454 g/mol. The van der Waals surface area contributed by atoms with Gasteiger partial charge in [0.15, 0.2) is 5.12 Å². The molecule has 2 aliphatic rings. The summed E-state index contributed by atoms with van der Waals surface area (Å²) < 4.78 is 5.54. The van der Waals surface area contributed by atoms with Crippen molar-refractivity contribution in [2.24, 2.45) is 0 Å². The zero-order valence-electron chi connectivity index (χ0n) is 17.5. The maximum atomic E-state index is 12.5. The fourth-order valence-electron chi connectivity index (χ4n) is 3.83. The van der Waals surface area contributed by atoms with Crippen LogP contribution in [0.4, 0.5) is 16.3 Å². The molecule has 7 nitrogen and oxygen atoms in total. The average molecular weight is 455 g/mol. The normalized spacial score (nSPS) is 15.7. The minimum Gasteiger partial charge on any atom is -0.444 e. The van der Waals surface area contributed by atoms with Gasteiger partial charge in [-0.05, 0) is 50.5 Å². The third-order valence-corrected chi connectivity index (χ3v) is 7.27. The van der Waals surface area contributed by atoms with E-state index in [0.717, 1.165) is 43.5 Å². The minimum absolute atomic E-state index is 0.179. The molecule has 1 amide bonds. The van der Waals surface area contributed by atoms with Crippen molar-refractivity contribution < 1.29 is 14.3 Å². The molecule has 0 aliphatic carbocycles. The van der Waals surface area contributed by atoms with Crippen molar-refractivity contribution in [3.8, 4) is 0 Å². The van der Waals surface area contributed by atoms with Gasteiger partial charge in [0.2, 0.25) is 0 Å². The summed E-state index contributed by atoms with van der Waals surface area (Å²) in [7, 11) is 0. The first-order valence-electron chi connectivity index (χ1n) is 10.1. The first-order valence-corrected chi connectivity index (χ1v) is 11.7. The van der Waals surface area contributed by atoms with Crippen molar-refractivity contribution in [1.29, 1.82) is 0 Å². The van der Waals surface area contributed by atoms with Crippen LogP contribution in [-0.2, 0) is 28.9 Å². The Morgan fingerprint density at radius 3 is 2.90 bits per heavy atom. The van der Waals surface area contributed by atoms with Crippen molar-refractivity contribution in [3.05, 3.63) is 40.5 Å². The predicted octanol–water partition coefficient (Wildman–Crippen LogP) is 4.90. The molecule has 1 N–H and O–H groups in total. The second-order valence-electron chi connectivity index (χ2n) is 8.66. The van der Waals surface area contributed by atoms with Crippen molar-refractivity contribution >= 4 is 56.0 Å². The highest BCUT2D eigenvalue weighted by Gasteiger charge is 2.29. The van der Waals surface area contributed by atoms with Crippen LogP contribution in [0.5, 0.6) is 0 Å². The van der Waals surface area contributed by atoms with Crippen molar-refractivity contribution in [1.82, 2.24) is 14.9 Å². The fourth-order valence-corrected chi connectivity index (χ4v) is 5.96. The summed E-state index contributed by atoms with van der Waals surface area (Å²) in [6.45, 7) is 6.74. The summed E-state index contributed by atoms with van der Waals surface area (Å²) in [5.74, 6) is 0.752. The Balaban J connectivity index is 1.43. The first-order chi connectivity index (χ1) is 14.8. The fraction of sp³-hybridized carbons (Fsp3) is 0.364. The van der Waals surface area contributed by atoms with Crippen LogP contribution in [0.15, 0.2) is 29.4 Å². The number of benzene rings is 1. The SMILES string of the molecule is CC(C)(C)OC(=O)N1CCc2c(sc3ncnc(Nc4ccc5c(c4)SC(=O)C5)c23)C1. The molecule has 9 heteroatoms. The quantitative estimate of drug-likeness (QED) is 0.589. The van der Waals surface area contributed by atoms with E-state index in [-0.39, 0.29) is 11.2 Å². The first kappa shape index (κ1) is 20.3. The molecule has 0 unspecified atom stereocenters. The summed E-state index contributed by atoms with van der Waals surface area (Å²) in [4.78, 5) is 37.9. The van der Waals surface area contributed by atoms with Gasteiger partial charge >= 0.3 is 6.09 Å². The van der Waals surface area contributed by atoms with Gasteiger partial charge in [-0.15, -0.1) is 11.3 Å². The zero-order chi connectivity index (χ0) is 21.8. The lowest BCUT2D eigenvalue weighted by Crippen LogP contribution is -2.39. The Bertz CT molecular complexity index is 1220. The molecule has 1 aromatic carbocycles. The van der Waals surface area contributed by atoms with Crippen molar-refractivity contribution in [2.75, 3.05) is 11.9 Å². The number of nitrogens with one attached hydrogen (secondary N) is 1. The Kier molecular flexibility index (Phi) is 4.90. The summed E-state index contributed by atoms with van der Waals surface area (Å²) in [5.41, 5.74) is 2.64. The lowest BCUT2D eigenvalue weighted by Gasteiger charge is -2.30. The molecule has 0 spiro atoms. The Morgan fingerprint density at radius 1 is 1.26 bits per heavy atom. The molecule has 0 atom stereocenters. The van der Waals surface area contributed by atoms with Crippen LogP contribution in [0.3, 0.4) is 0 Å². The molecule has 2 aliphatic heterocycles. The number of ether oxygens (including phenoxy) is 1. The highest BCUT2D eigenvalue weighted by atomic mass is 32.2. The van der Waals surface area contributed by atoms with Crippen molar-refractivity contribution in [2.45, 2.75) is 50.7 Å². The molecule has 5 rings (SSSR count). The van der Waals surface area contributed by atoms with Gasteiger partial charge in [0.05, 0.1) is 11.9 Å². The van der Waals surface area contributed by atoms with Gasteiger partial charge in [-0.3, -0.25) is 4.79 Å². The molecule has 3 aromatic rings. The van der Waals surface area contributed by atoms with Crippen molar-refractivity contribution in [3.63, 3.8) is 0 Å². The molecule has 4 heterocycles. The molecular formula is C22H22N4O3S2. The molecule has 0 bridgehead atoms. The van der Waals surface area contributed by atoms with E-state index in [0.29, 0.717) is 19.5 Å². The average Bonchev–Trinajstić information content (AvgIpc) is 3.25. The number of hydrogen-bond acceptors (Lipinski definition) is 8. The molecule has 0 saturated heterocycles. The maximum absolute atomic E-state index is 12.5. The van der Waals surface area contributed by atoms with Crippen LogP contribution in [0.1, 0.15) is 36.8 Å². The Hall–Kier alpha value is -2.65. The molecule has 2 aromatic heterocycles. The highest BCUT2D eigenvalue weighted by Crippen LogP contribution is 2.39. The zero-order valence-corrected chi connectivity index (χ0v) is 19.2. The molecule has 31 heavy (non-hydrogen) atoms. The number of anilines is 2. The van der Waals surface area contributed by atoms with E-state index in [9.17, 15) is 9.59 Å². The predicted molar refractivity (Wildman–Crippen MR) is 122 cm³/mol. The number of rotatable bonds is 2. The summed E-state index contributed by atoms with van der Waals surface area (Å²) in [6.07, 6.45) is 2.49. The number of carbonyl (C=O) groups is 2. The Labute approximate surface area is 188 Å². The van der Waals surface area contributed by atoms with E-state index >= 15 is 0 Å². The third kappa shape index (κ3) is 3.99. The molecule has 0 radical (unpaired) electrons. The van der Waals surface area contributed by atoms with Gasteiger partial charge in [0.25, 0.3) is 0 Å². The van der Waals surface area contributed by atoms with Gasteiger partial charge < -0.3 is 15.0 Å². The lowest BCUT2D eigenvalue weighted by atomic mass is 10.1. The van der Waals surface area contributed by atoms with Crippen LogP contribution in [0, 0.1) is 0 Å². The maximum Gasteiger partial charge on any atom is 0.410 e. The number of aromatic nitrogens is 2. The number of hydrogen-bond donors (Lipinski definition) is 1.